The van der Waals surface area contributed by atoms with Gasteiger partial charge in [-0.3, -0.25) is 14.4 Å². The lowest BCUT2D eigenvalue weighted by Crippen LogP contribution is -2.56. The Balaban J connectivity index is 0.757. The Morgan fingerprint density at radius 3 is 0.857 bits per heavy atom. The average Bonchev–Trinajstić information content (AvgIpc) is 1.32. The Bertz CT molecular complexity index is 4690. The van der Waals surface area contributed by atoms with Crippen molar-refractivity contribution >= 4 is 201 Å². The van der Waals surface area contributed by atoms with Crippen molar-refractivity contribution in [3.05, 3.63) is 232 Å². The molecule has 0 aliphatic rings. The molecule has 0 saturated heterocycles. The minimum Gasteiger partial charge on any atom is -0.481 e. The number of nitrogens with zero attached hydrogens (tertiary/aromatic N) is 6. The number of benzene rings is 6. The first-order valence-corrected chi connectivity index (χ1v) is 60.0. The number of carboxylic acids is 3. The molecule has 119 heavy (non-hydrogen) atoms. The average molecular weight is 1880 g/mol. The third-order valence-electron chi connectivity index (χ3n) is 21.0. The van der Waals surface area contributed by atoms with E-state index in [0.717, 1.165) is 142 Å². The summed E-state index contributed by atoms with van der Waals surface area (Å²) in [6.45, 7) is 32.4. The van der Waals surface area contributed by atoms with E-state index in [1.807, 2.05) is 39.0 Å². The zero-order chi connectivity index (χ0) is 85.6. The highest BCUT2D eigenvalue weighted by Gasteiger charge is 2.46. The summed E-state index contributed by atoms with van der Waals surface area (Å²) in [6, 6.07) is 53.0. The second-order valence-corrected chi connectivity index (χ2v) is 57.3. The number of rotatable bonds is 56. The van der Waals surface area contributed by atoms with Gasteiger partial charge in [0.15, 0.2) is 34.4 Å². The first-order chi connectivity index (χ1) is 56.9. The number of hydrogen-bond acceptors (Lipinski definition) is 24. The molecular formula is C89H114N6O9S12Si3. The predicted octanol–water partition coefficient (Wildman–Crippen LogP) is 26.5. The lowest BCUT2D eigenvalue weighted by atomic mass is 9.80. The van der Waals surface area contributed by atoms with Crippen molar-refractivity contribution in [1.82, 2.24) is 30.6 Å². The quantitative estimate of drug-likeness (QED) is 0.0183. The number of carboxylic acid groups (broad SMARTS) is 3. The monoisotopic (exact) mass is 1880 g/mol. The molecule has 0 spiro atoms. The van der Waals surface area contributed by atoms with E-state index in [9.17, 15) is 29.7 Å². The molecule has 8 atom stereocenters. The molecule has 638 valence electrons. The van der Waals surface area contributed by atoms with Gasteiger partial charge in [-0.05, 0) is 205 Å². The van der Waals surface area contributed by atoms with Crippen LogP contribution in [0.4, 0.5) is 0 Å². The largest absolute Gasteiger partial charge is 0.481 e. The molecule has 0 aliphatic carbocycles. The molecule has 3 heterocycles. The molecule has 30 heteroatoms. The van der Waals surface area contributed by atoms with Gasteiger partial charge in [0.25, 0.3) is 0 Å². The highest BCUT2D eigenvalue weighted by Crippen LogP contribution is 2.43. The van der Waals surface area contributed by atoms with E-state index >= 15 is 0 Å². The fourth-order valence-corrected chi connectivity index (χ4v) is 40.6. The van der Waals surface area contributed by atoms with Crippen LogP contribution in [-0.4, -0.2) is 131 Å². The highest BCUT2D eigenvalue weighted by atomic mass is 32.2. The van der Waals surface area contributed by atoms with Crippen molar-refractivity contribution in [2.45, 2.75) is 203 Å². The van der Waals surface area contributed by atoms with E-state index in [4.69, 9.17) is 12.7 Å². The second kappa shape index (κ2) is 48.1. The molecule has 6 aromatic carbocycles. The first-order valence-electron chi connectivity index (χ1n) is 40.0. The van der Waals surface area contributed by atoms with E-state index in [2.05, 4.69) is 243 Å². The molecule has 0 fully saturated rings. The lowest BCUT2D eigenvalue weighted by molar-refractivity contribution is -0.148. The van der Waals surface area contributed by atoms with E-state index in [1.54, 1.807) is 147 Å². The fourth-order valence-electron chi connectivity index (χ4n) is 13.8. The van der Waals surface area contributed by atoms with Gasteiger partial charge in [-0.1, -0.05) is 309 Å². The maximum absolute atomic E-state index is 13.2. The molecule has 8 unspecified atom stereocenters. The van der Waals surface area contributed by atoms with Crippen LogP contribution in [0.25, 0.3) is 18.2 Å². The predicted molar refractivity (Wildman–Crippen MR) is 522 cm³/mol. The van der Waals surface area contributed by atoms with Crippen LogP contribution in [0.15, 0.2) is 191 Å². The Morgan fingerprint density at radius 1 is 0.387 bits per heavy atom. The smallest absolute Gasteiger partial charge is 0.325 e. The van der Waals surface area contributed by atoms with Crippen LogP contribution in [0.5, 0.6) is 0 Å². The molecule has 15 nitrogen and oxygen atoms in total. The molecule has 0 saturated carbocycles. The van der Waals surface area contributed by atoms with Gasteiger partial charge in [-0.2, -0.15) is 35.3 Å². The first kappa shape index (κ1) is 98.1. The van der Waals surface area contributed by atoms with Crippen LogP contribution >= 0.6 is 140 Å². The van der Waals surface area contributed by atoms with Crippen molar-refractivity contribution in [1.29, 1.82) is 0 Å². The Morgan fingerprint density at radius 2 is 0.622 bits per heavy atom. The van der Waals surface area contributed by atoms with Gasteiger partial charge in [0, 0.05) is 58.9 Å². The minimum atomic E-state index is -3.01. The zero-order valence-electron chi connectivity index (χ0n) is 70.2. The third-order valence-corrected chi connectivity index (χ3v) is 47.6. The van der Waals surface area contributed by atoms with Gasteiger partial charge in [0.1, 0.15) is 0 Å². The summed E-state index contributed by atoms with van der Waals surface area (Å²) >= 11 is 20.0. The molecule has 0 bridgehead atoms. The number of carbonyl (C=O) groups is 3. The summed E-state index contributed by atoms with van der Waals surface area (Å²) in [7, 11) is -6.58. The third kappa shape index (κ3) is 32.4. The number of thioether (sulfide) groups is 9. The summed E-state index contributed by atoms with van der Waals surface area (Å²) in [5, 5.41) is 59.0. The van der Waals surface area contributed by atoms with Gasteiger partial charge in [-0.25, -0.2) is 0 Å². The van der Waals surface area contributed by atoms with Gasteiger partial charge in [0.05, 0.1) is 16.2 Å². The lowest BCUT2D eigenvalue weighted by Gasteiger charge is -2.41. The van der Waals surface area contributed by atoms with Crippen molar-refractivity contribution in [3.63, 3.8) is 0 Å². The SMILES string of the molecule is C=Cc1ccc(CSc2nnc(SCc3ccc(C(C)CC(C)(CSCCC[Si](C)(C)O[Si](C)(CCCSCC(C)(CC(C)c4ccc(CSc5nnc(SCc6ccc(C=C)cc6)s5)cc4)C(=O)O)O[Si](C)(CCCSCC(C)(CC(C)c4ccc(CSc5nnc(SCc6ccc(C=C)cc6)s5)cc4)C(=O)O)OC)C(=O)O)cc3)s2)cc1. The molecule has 0 aliphatic heterocycles. The molecule has 3 N–H and O–H groups in total. The topological polar surface area (TPSA) is 217 Å². The number of hydrogen-bond donors (Lipinski definition) is 3. The van der Waals surface area contributed by atoms with Gasteiger partial charge in [0.2, 0.25) is 0 Å². The van der Waals surface area contributed by atoms with Crippen LogP contribution in [0, 0.1) is 16.2 Å². The van der Waals surface area contributed by atoms with Crippen molar-refractivity contribution in [2.24, 2.45) is 16.2 Å². The molecular weight excluding hydrogens is 1770 g/mol. The second-order valence-electron chi connectivity index (χ2n) is 32.1. The van der Waals surface area contributed by atoms with E-state index in [1.165, 1.54) is 27.8 Å². The molecule has 0 radical (unpaired) electrons. The van der Waals surface area contributed by atoms with Gasteiger partial charge in [-0.15, -0.1) is 30.6 Å². The van der Waals surface area contributed by atoms with Gasteiger partial charge >= 0.3 is 35.0 Å². The van der Waals surface area contributed by atoms with E-state index in [0.29, 0.717) is 48.6 Å². The standard InChI is InChI=1S/C89H114N6O9S12Si3/c1-15-66-21-27-69(28-22-66)54-108-81-90-93-84(114-81)111-57-72-33-39-75(40-34-72)63(4)51-87(7,78(96)97)60-105-45-18-48-117(11,12)103-119(14,50-20-47-107-62-89(9,80(100)101)53-65(6)77-43-37-74(38-44-77)59-113-86-95-92-83(116-86)110-56-71-31-25-68(17-3)26-32-71)104-118(13,102-10)49-19-46-106-61-88(8,79(98)99)52-64(5)76-41-35-73(36-42-76)58-112-85-94-91-82(115-85)109-55-70-29-23-67(16-2)24-30-70/h15-17,21-44,63-65H,1-3,18-20,45-62H2,4-14H3,(H,96,97)(H,98,99)(H,100,101). The summed E-state index contributed by atoms with van der Waals surface area (Å²) in [5.74, 6) is 6.06. The molecule has 3 aromatic heterocycles. The van der Waals surface area contributed by atoms with Crippen LogP contribution < -0.4 is 0 Å². The van der Waals surface area contributed by atoms with E-state index < -0.39 is 59.6 Å². The van der Waals surface area contributed by atoms with Crippen molar-refractivity contribution in [2.75, 3.05) is 41.6 Å². The highest BCUT2D eigenvalue weighted by molar-refractivity contribution is 8.03. The zero-order valence-corrected chi connectivity index (χ0v) is 83.0. The van der Waals surface area contributed by atoms with Crippen LogP contribution in [0.1, 0.15) is 165 Å². The van der Waals surface area contributed by atoms with Crippen LogP contribution in [0.3, 0.4) is 0 Å². The summed E-state index contributed by atoms with van der Waals surface area (Å²) < 4.78 is 27.0. The van der Waals surface area contributed by atoms with Crippen molar-refractivity contribution in [3.8, 4) is 0 Å². The number of aliphatic carboxylic acids is 3. The Hall–Kier alpha value is -4.69. The maximum Gasteiger partial charge on any atom is 0.325 e. The van der Waals surface area contributed by atoms with Gasteiger partial charge < -0.3 is 28.0 Å². The molecule has 9 aromatic rings. The molecule has 0 amide bonds. The summed E-state index contributed by atoms with van der Waals surface area (Å²) in [5.41, 5.74) is 10.9. The van der Waals surface area contributed by atoms with Crippen LogP contribution in [-0.2, 0) is 61.6 Å². The Labute approximate surface area is 759 Å². The van der Waals surface area contributed by atoms with E-state index in [-0.39, 0.29) is 17.8 Å². The fraction of sp³-hybridized carbons (Fsp3) is 0.427. The Kier molecular flexibility index (Phi) is 39.7. The minimum absolute atomic E-state index is 0.0101. The number of aromatic nitrogens is 6. The normalized spacial score (nSPS) is 15.2. The summed E-state index contributed by atoms with van der Waals surface area (Å²) in [4.78, 5) is 39.5. The molecule has 9 rings (SSSR count). The van der Waals surface area contributed by atoms with Crippen molar-refractivity contribution < 1.29 is 42.4 Å². The van der Waals surface area contributed by atoms with Crippen LogP contribution in [0.2, 0.25) is 44.3 Å². The maximum atomic E-state index is 13.2. The summed E-state index contributed by atoms with van der Waals surface area (Å²) in [6.07, 6.45) is 9.44.